The Bertz CT molecular complexity index is 635. The summed E-state index contributed by atoms with van der Waals surface area (Å²) in [6.45, 7) is 0.622. The monoisotopic (exact) mass is 316 g/mol. The summed E-state index contributed by atoms with van der Waals surface area (Å²) in [6.07, 6.45) is 1.55. The van der Waals surface area contributed by atoms with Gasteiger partial charge in [0.25, 0.3) is 0 Å². The molecule has 2 N–H and O–H groups in total. The minimum absolute atomic E-state index is 0.0880. The van der Waals surface area contributed by atoms with Crippen molar-refractivity contribution in [1.82, 2.24) is 9.62 Å². The zero-order chi connectivity index (χ0) is 15.6. The molecule has 21 heavy (non-hydrogen) atoms. The maximum Gasteiger partial charge on any atom is 0.325 e. The predicted octanol–water partition coefficient (Wildman–Crippen LogP) is 0.575. The highest BCUT2D eigenvalue weighted by Crippen LogP contribution is 2.27. The molecule has 8 heteroatoms. The number of carboxylic acids is 1. The summed E-state index contributed by atoms with van der Waals surface area (Å²) >= 11 is 0. The van der Waals surface area contributed by atoms with Crippen molar-refractivity contribution in [2.75, 3.05) is 19.3 Å². The first kappa shape index (κ1) is 15.9. The largest absolute Gasteiger partial charge is 0.480 e. The highest BCUT2D eigenvalue weighted by molar-refractivity contribution is 7.88. The predicted molar refractivity (Wildman–Crippen MR) is 74.7 cm³/mol. The van der Waals surface area contributed by atoms with Crippen molar-refractivity contribution < 1.29 is 22.7 Å². The zero-order valence-electron chi connectivity index (χ0n) is 11.5. The molecule has 0 saturated carbocycles. The number of nitrogens with one attached hydrogen (secondary N) is 1. The van der Waals surface area contributed by atoms with Crippen LogP contribution < -0.4 is 4.72 Å². The minimum atomic E-state index is -3.35. The smallest absolute Gasteiger partial charge is 0.325 e. The van der Waals surface area contributed by atoms with Gasteiger partial charge in [-0.05, 0) is 12.5 Å². The Labute approximate surface area is 122 Å². The lowest BCUT2D eigenvalue weighted by Gasteiger charge is -2.25. The van der Waals surface area contributed by atoms with E-state index in [1.54, 1.807) is 11.0 Å². The standard InChI is InChI=1S/C13H17FN2O4S/c1-21(19,20)15-9-6-7-16(8-9)12(13(17)18)10-4-2-3-5-11(10)14/h2-5,9,12,15H,6-8H2,1H3,(H,17,18). The molecule has 0 bridgehead atoms. The maximum atomic E-state index is 13.8. The number of hydrogen-bond donors (Lipinski definition) is 2. The Hall–Kier alpha value is -1.51. The number of aliphatic carboxylic acids is 1. The van der Waals surface area contributed by atoms with E-state index < -0.39 is 27.9 Å². The number of rotatable bonds is 5. The van der Waals surface area contributed by atoms with Gasteiger partial charge in [0.15, 0.2) is 0 Å². The highest BCUT2D eigenvalue weighted by atomic mass is 32.2. The zero-order valence-corrected chi connectivity index (χ0v) is 12.3. The van der Waals surface area contributed by atoms with Crippen molar-refractivity contribution in [3.05, 3.63) is 35.6 Å². The Morgan fingerprint density at radius 3 is 2.71 bits per heavy atom. The summed E-state index contributed by atoms with van der Waals surface area (Å²) in [4.78, 5) is 13.1. The molecular formula is C13H17FN2O4S. The molecule has 2 unspecified atom stereocenters. The van der Waals surface area contributed by atoms with Crippen molar-refractivity contribution in [3.8, 4) is 0 Å². The van der Waals surface area contributed by atoms with Gasteiger partial charge in [-0.15, -0.1) is 0 Å². The Balaban J connectivity index is 2.18. The maximum absolute atomic E-state index is 13.8. The van der Waals surface area contributed by atoms with E-state index >= 15 is 0 Å². The molecule has 1 aromatic rings. The van der Waals surface area contributed by atoms with Crippen LogP contribution in [0.2, 0.25) is 0 Å². The molecular weight excluding hydrogens is 299 g/mol. The van der Waals surface area contributed by atoms with Crippen LogP contribution in [0.3, 0.4) is 0 Å². The molecule has 0 radical (unpaired) electrons. The fourth-order valence-electron chi connectivity index (χ4n) is 2.60. The summed E-state index contributed by atoms with van der Waals surface area (Å²) in [7, 11) is -3.35. The van der Waals surface area contributed by atoms with Crippen molar-refractivity contribution in [1.29, 1.82) is 0 Å². The lowest BCUT2D eigenvalue weighted by atomic mass is 10.1. The lowest BCUT2D eigenvalue weighted by molar-refractivity contribution is -0.143. The number of carboxylic acid groups (broad SMARTS) is 1. The molecule has 1 aliphatic heterocycles. The summed E-state index contributed by atoms with van der Waals surface area (Å²) < 4.78 is 38.7. The van der Waals surface area contributed by atoms with Crippen LogP contribution in [0.1, 0.15) is 18.0 Å². The molecule has 1 saturated heterocycles. The van der Waals surface area contributed by atoms with E-state index in [1.807, 2.05) is 0 Å². The fourth-order valence-corrected chi connectivity index (χ4v) is 3.40. The van der Waals surface area contributed by atoms with Gasteiger partial charge in [0.1, 0.15) is 11.9 Å². The molecule has 116 valence electrons. The second-order valence-corrected chi connectivity index (χ2v) is 6.91. The van der Waals surface area contributed by atoms with Crippen molar-refractivity contribution in [2.45, 2.75) is 18.5 Å². The molecule has 2 rings (SSSR count). The van der Waals surface area contributed by atoms with E-state index in [1.165, 1.54) is 18.2 Å². The number of halogens is 1. The second kappa shape index (κ2) is 6.08. The molecule has 1 heterocycles. The SMILES string of the molecule is CS(=O)(=O)NC1CCN(C(C(=O)O)c2ccccc2F)C1. The van der Waals surface area contributed by atoms with Gasteiger partial charge in [-0.1, -0.05) is 18.2 Å². The number of nitrogens with zero attached hydrogens (tertiary/aromatic N) is 1. The van der Waals surface area contributed by atoms with Crippen LogP contribution >= 0.6 is 0 Å². The van der Waals surface area contributed by atoms with Crippen LogP contribution in [0, 0.1) is 5.82 Å². The molecule has 0 aromatic heterocycles. The van der Waals surface area contributed by atoms with Crippen LogP contribution in [0.5, 0.6) is 0 Å². The van der Waals surface area contributed by atoms with Gasteiger partial charge in [0, 0.05) is 24.7 Å². The van der Waals surface area contributed by atoms with E-state index in [-0.39, 0.29) is 18.2 Å². The first-order chi connectivity index (χ1) is 9.78. The second-order valence-electron chi connectivity index (χ2n) is 5.13. The average molecular weight is 316 g/mol. The molecule has 2 atom stereocenters. The molecule has 0 spiro atoms. The topological polar surface area (TPSA) is 86.7 Å². The average Bonchev–Trinajstić information content (AvgIpc) is 2.77. The molecule has 0 amide bonds. The lowest BCUT2D eigenvalue weighted by Crippen LogP contribution is -2.39. The van der Waals surface area contributed by atoms with Gasteiger partial charge >= 0.3 is 5.97 Å². The highest BCUT2D eigenvalue weighted by Gasteiger charge is 2.35. The van der Waals surface area contributed by atoms with Gasteiger partial charge in [-0.3, -0.25) is 9.69 Å². The summed E-state index contributed by atoms with van der Waals surface area (Å²) in [5.41, 5.74) is 0.0880. The van der Waals surface area contributed by atoms with E-state index in [4.69, 9.17) is 0 Å². The Morgan fingerprint density at radius 2 is 2.14 bits per heavy atom. The Morgan fingerprint density at radius 1 is 1.48 bits per heavy atom. The van der Waals surface area contributed by atoms with Crippen molar-refractivity contribution in [2.24, 2.45) is 0 Å². The van der Waals surface area contributed by atoms with Crippen LogP contribution in [0.25, 0.3) is 0 Å². The quantitative estimate of drug-likeness (QED) is 0.829. The minimum Gasteiger partial charge on any atom is -0.480 e. The number of benzene rings is 1. The van der Waals surface area contributed by atoms with Crippen LogP contribution in [-0.4, -0.2) is 49.8 Å². The molecule has 1 aliphatic rings. The molecule has 0 aliphatic carbocycles. The first-order valence-electron chi connectivity index (χ1n) is 6.46. The summed E-state index contributed by atoms with van der Waals surface area (Å²) in [5.74, 6) is -1.73. The number of carbonyl (C=O) groups is 1. The van der Waals surface area contributed by atoms with E-state index in [9.17, 15) is 22.7 Å². The first-order valence-corrected chi connectivity index (χ1v) is 8.35. The van der Waals surface area contributed by atoms with Crippen LogP contribution in [0.15, 0.2) is 24.3 Å². The molecule has 1 aromatic carbocycles. The summed E-state index contributed by atoms with van der Waals surface area (Å²) in [5, 5.41) is 9.38. The van der Waals surface area contributed by atoms with Crippen LogP contribution in [-0.2, 0) is 14.8 Å². The van der Waals surface area contributed by atoms with Gasteiger partial charge < -0.3 is 5.11 Å². The van der Waals surface area contributed by atoms with Crippen molar-refractivity contribution in [3.63, 3.8) is 0 Å². The van der Waals surface area contributed by atoms with Gasteiger partial charge in [0.05, 0.1) is 6.26 Å². The van der Waals surface area contributed by atoms with Gasteiger partial charge in [-0.25, -0.2) is 17.5 Å². The number of likely N-dealkylation sites (tertiary alicyclic amines) is 1. The number of sulfonamides is 1. The van der Waals surface area contributed by atoms with E-state index in [0.29, 0.717) is 13.0 Å². The van der Waals surface area contributed by atoms with Gasteiger partial charge in [0.2, 0.25) is 10.0 Å². The third kappa shape index (κ3) is 3.99. The Kier molecular flexibility index (Phi) is 4.60. The van der Waals surface area contributed by atoms with E-state index in [2.05, 4.69) is 4.72 Å². The summed E-state index contributed by atoms with van der Waals surface area (Å²) in [6, 6.07) is 4.26. The van der Waals surface area contributed by atoms with Gasteiger partial charge in [-0.2, -0.15) is 0 Å². The van der Waals surface area contributed by atoms with E-state index in [0.717, 1.165) is 6.26 Å². The third-order valence-corrected chi connectivity index (χ3v) is 4.16. The number of hydrogen-bond acceptors (Lipinski definition) is 4. The van der Waals surface area contributed by atoms with Crippen LogP contribution in [0.4, 0.5) is 4.39 Å². The van der Waals surface area contributed by atoms with Crippen molar-refractivity contribution >= 4 is 16.0 Å². The fraction of sp³-hybridized carbons (Fsp3) is 0.462. The molecule has 6 nitrogen and oxygen atoms in total. The third-order valence-electron chi connectivity index (χ3n) is 3.40. The molecule has 1 fully saturated rings. The normalized spacial score (nSPS) is 21.3.